The van der Waals surface area contributed by atoms with Gasteiger partial charge in [-0.25, -0.2) is 4.79 Å². The Morgan fingerprint density at radius 3 is 1.98 bits per heavy atom. The molecule has 0 spiro atoms. The maximum Gasteiger partial charge on any atom is 0.414 e. The Balaban J connectivity index is 1.35. The molecule has 3 aromatic rings. The highest BCUT2D eigenvalue weighted by atomic mass is 19.4. The molecule has 42 heavy (non-hydrogen) atoms. The number of esters is 1. The summed E-state index contributed by atoms with van der Waals surface area (Å²) in [5.41, 5.74) is 5.83. The second kappa shape index (κ2) is 17.7. The number of nitrogens with zero attached hydrogens (tertiary/aromatic N) is 1. The number of carbonyl (C=O) groups excluding carboxylic acids is 1. The number of ether oxygens (including phenoxy) is 2. The molecule has 0 saturated heterocycles. The van der Waals surface area contributed by atoms with Gasteiger partial charge >= 0.3 is 12.1 Å². The number of benzene rings is 2. The van der Waals surface area contributed by atoms with E-state index in [0.29, 0.717) is 25.0 Å². The summed E-state index contributed by atoms with van der Waals surface area (Å²) in [6.07, 6.45) is 7.13. The first-order chi connectivity index (χ1) is 20.3. The van der Waals surface area contributed by atoms with Gasteiger partial charge in [0.1, 0.15) is 0 Å². The lowest BCUT2D eigenvalue weighted by Gasteiger charge is -2.16. The summed E-state index contributed by atoms with van der Waals surface area (Å²) in [6.45, 7) is 3.67. The number of unbranched alkanes of at least 4 members (excludes halogenated alkanes) is 8. The normalized spacial score (nSPS) is 12.3. The van der Waals surface area contributed by atoms with E-state index in [1.807, 2.05) is 30.5 Å². The minimum atomic E-state index is -4.31. The maximum absolute atomic E-state index is 12.4. The number of rotatable bonds is 18. The van der Waals surface area contributed by atoms with Crippen LogP contribution >= 0.6 is 0 Å². The number of aromatic nitrogens is 1. The molecule has 1 unspecified atom stereocenters. The number of aryl methyl sites for hydroxylation is 1. The van der Waals surface area contributed by atoms with E-state index in [1.165, 1.54) is 37.7 Å². The molecule has 228 valence electrons. The minimum Gasteiger partial charge on any atom is -0.462 e. The fraction of sp³-hybridized carbons (Fsp3) is 0.486. The van der Waals surface area contributed by atoms with Gasteiger partial charge in [0.25, 0.3) is 0 Å². The van der Waals surface area contributed by atoms with Gasteiger partial charge in [0.15, 0.2) is 6.10 Å². The first kappa shape index (κ1) is 33.3. The fourth-order valence-corrected chi connectivity index (χ4v) is 4.65. The SMILES string of the molecule is CCCCCCCc1ccc(-c2ccc(-c3ccc(C(=O)OCCCCCCCOC(C)C(F)(F)F)cc3)cn2)cc1. The van der Waals surface area contributed by atoms with Crippen LogP contribution in [0.1, 0.15) is 94.0 Å². The fourth-order valence-electron chi connectivity index (χ4n) is 4.65. The van der Waals surface area contributed by atoms with E-state index in [-0.39, 0.29) is 12.6 Å². The molecule has 0 amide bonds. The summed E-state index contributed by atoms with van der Waals surface area (Å²) < 4.78 is 47.4. The third-order valence-electron chi connectivity index (χ3n) is 7.39. The average molecular weight is 584 g/mol. The van der Waals surface area contributed by atoms with E-state index >= 15 is 0 Å². The van der Waals surface area contributed by atoms with Crippen LogP contribution in [0.2, 0.25) is 0 Å². The molecule has 0 bridgehead atoms. The van der Waals surface area contributed by atoms with E-state index in [4.69, 9.17) is 9.47 Å². The van der Waals surface area contributed by atoms with E-state index in [9.17, 15) is 18.0 Å². The van der Waals surface area contributed by atoms with Crippen molar-refractivity contribution in [1.29, 1.82) is 0 Å². The predicted molar refractivity (Wildman–Crippen MR) is 162 cm³/mol. The van der Waals surface area contributed by atoms with E-state index in [0.717, 1.165) is 55.0 Å². The monoisotopic (exact) mass is 583 g/mol. The van der Waals surface area contributed by atoms with E-state index < -0.39 is 12.3 Å². The van der Waals surface area contributed by atoms with E-state index in [2.05, 4.69) is 36.2 Å². The Kier molecular flexibility index (Phi) is 14.0. The second-order valence-corrected chi connectivity index (χ2v) is 10.8. The maximum atomic E-state index is 12.4. The van der Waals surface area contributed by atoms with Crippen molar-refractivity contribution in [3.8, 4) is 22.4 Å². The lowest BCUT2D eigenvalue weighted by Crippen LogP contribution is -2.28. The van der Waals surface area contributed by atoms with Crippen molar-refractivity contribution in [2.45, 2.75) is 96.8 Å². The first-order valence-electron chi connectivity index (χ1n) is 15.3. The Labute approximate surface area is 248 Å². The van der Waals surface area contributed by atoms with Crippen molar-refractivity contribution in [2.24, 2.45) is 0 Å². The molecule has 0 aliphatic rings. The second-order valence-electron chi connectivity index (χ2n) is 10.8. The summed E-state index contributed by atoms with van der Waals surface area (Å²) in [5.74, 6) is -0.367. The zero-order valence-corrected chi connectivity index (χ0v) is 24.9. The molecule has 4 nitrogen and oxygen atoms in total. The molecule has 0 aliphatic heterocycles. The van der Waals surface area contributed by atoms with Crippen molar-refractivity contribution in [3.63, 3.8) is 0 Å². The van der Waals surface area contributed by atoms with Gasteiger partial charge in [0.05, 0.1) is 17.9 Å². The highest BCUT2D eigenvalue weighted by Crippen LogP contribution is 2.25. The van der Waals surface area contributed by atoms with Crippen molar-refractivity contribution in [3.05, 3.63) is 78.0 Å². The number of pyridine rings is 1. The molecule has 0 saturated carbocycles. The zero-order valence-electron chi connectivity index (χ0n) is 24.9. The quantitative estimate of drug-likeness (QED) is 0.110. The number of hydrogen-bond donors (Lipinski definition) is 0. The topological polar surface area (TPSA) is 48.4 Å². The van der Waals surface area contributed by atoms with Crippen LogP contribution < -0.4 is 0 Å². The highest BCUT2D eigenvalue weighted by Gasteiger charge is 2.36. The van der Waals surface area contributed by atoms with Crippen LogP contribution in [-0.4, -0.2) is 36.4 Å². The Bertz CT molecular complexity index is 1180. The largest absolute Gasteiger partial charge is 0.462 e. The summed E-state index contributed by atoms with van der Waals surface area (Å²) in [4.78, 5) is 17.1. The third-order valence-corrected chi connectivity index (χ3v) is 7.39. The number of halogens is 3. The van der Waals surface area contributed by atoms with Crippen LogP contribution in [0.4, 0.5) is 13.2 Å². The van der Waals surface area contributed by atoms with Crippen LogP contribution in [0.5, 0.6) is 0 Å². The van der Waals surface area contributed by atoms with Crippen LogP contribution in [-0.2, 0) is 15.9 Å². The number of carbonyl (C=O) groups is 1. The summed E-state index contributed by atoms with van der Waals surface area (Å²) in [7, 11) is 0. The van der Waals surface area contributed by atoms with Crippen molar-refractivity contribution in [1.82, 2.24) is 4.98 Å². The Morgan fingerprint density at radius 2 is 1.33 bits per heavy atom. The van der Waals surface area contributed by atoms with Gasteiger partial charge in [0.2, 0.25) is 0 Å². The summed E-state index contributed by atoms with van der Waals surface area (Å²) in [6, 6.07) is 20.0. The highest BCUT2D eigenvalue weighted by molar-refractivity contribution is 5.90. The molecule has 1 atom stereocenters. The molecule has 1 aromatic heterocycles. The average Bonchev–Trinajstić information content (AvgIpc) is 3.00. The minimum absolute atomic E-state index is 0.0962. The lowest BCUT2D eigenvalue weighted by atomic mass is 10.0. The van der Waals surface area contributed by atoms with Crippen LogP contribution in [0, 0.1) is 0 Å². The molecule has 7 heteroatoms. The molecule has 0 N–H and O–H groups in total. The number of hydrogen-bond acceptors (Lipinski definition) is 4. The zero-order chi connectivity index (χ0) is 30.2. The standard InChI is InChI=1S/C35H44F3NO3/c1-3-4-5-7-10-13-28-14-16-30(17-15-28)33-23-22-32(26-39-33)29-18-20-31(21-19-29)34(40)42-25-12-9-6-8-11-24-41-27(2)35(36,37)38/h14-23,26-27H,3-13,24-25H2,1-2H3. The molecule has 3 rings (SSSR count). The van der Waals surface area contributed by atoms with Gasteiger partial charge < -0.3 is 9.47 Å². The van der Waals surface area contributed by atoms with Gasteiger partial charge in [-0.05, 0) is 61.9 Å². The molecule has 0 fully saturated rings. The Hall–Kier alpha value is -3.19. The molecular weight excluding hydrogens is 539 g/mol. The smallest absolute Gasteiger partial charge is 0.414 e. The molecule has 1 heterocycles. The summed E-state index contributed by atoms with van der Waals surface area (Å²) >= 11 is 0. The number of alkyl halides is 3. The third kappa shape index (κ3) is 11.6. The Morgan fingerprint density at radius 1 is 0.738 bits per heavy atom. The predicted octanol–water partition coefficient (Wildman–Crippen LogP) is 10.0. The van der Waals surface area contributed by atoms with Crippen LogP contribution in [0.15, 0.2) is 66.9 Å². The van der Waals surface area contributed by atoms with Gasteiger partial charge in [-0.3, -0.25) is 4.98 Å². The van der Waals surface area contributed by atoms with Crippen molar-refractivity contribution >= 4 is 5.97 Å². The lowest BCUT2D eigenvalue weighted by molar-refractivity contribution is -0.214. The van der Waals surface area contributed by atoms with Gasteiger partial charge in [-0.1, -0.05) is 94.3 Å². The molecule has 2 aromatic carbocycles. The first-order valence-corrected chi connectivity index (χ1v) is 15.3. The summed E-state index contributed by atoms with van der Waals surface area (Å²) in [5, 5.41) is 0. The van der Waals surface area contributed by atoms with Gasteiger partial charge in [-0.2, -0.15) is 13.2 Å². The van der Waals surface area contributed by atoms with E-state index in [1.54, 1.807) is 12.1 Å². The van der Waals surface area contributed by atoms with Gasteiger partial charge in [-0.15, -0.1) is 0 Å². The van der Waals surface area contributed by atoms with Crippen LogP contribution in [0.25, 0.3) is 22.4 Å². The van der Waals surface area contributed by atoms with Crippen molar-refractivity contribution < 1.29 is 27.4 Å². The molecule has 0 aliphatic carbocycles. The van der Waals surface area contributed by atoms with Crippen molar-refractivity contribution in [2.75, 3.05) is 13.2 Å². The van der Waals surface area contributed by atoms with Gasteiger partial charge in [0, 0.05) is 23.9 Å². The molecule has 0 radical (unpaired) electrons. The molecular formula is C35H44F3NO3. The van der Waals surface area contributed by atoms with Crippen LogP contribution in [0.3, 0.4) is 0 Å².